The molecule has 1 N–H and O–H groups in total. The molecule has 0 bridgehead atoms. The van der Waals surface area contributed by atoms with Gasteiger partial charge in [-0.3, -0.25) is 0 Å². The number of aromatic nitrogens is 2. The summed E-state index contributed by atoms with van der Waals surface area (Å²) in [5.74, 6) is 0.661. The number of nitrogens with zero attached hydrogens (tertiary/aromatic N) is 2. The Kier molecular flexibility index (Phi) is 4.48. The van der Waals surface area contributed by atoms with Gasteiger partial charge in [0.2, 0.25) is 0 Å². The van der Waals surface area contributed by atoms with Crippen LogP contribution in [0, 0.1) is 5.92 Å². The first-order valence-electron chi connectivity index (χ1n) is 5.12. The molecule has 0 atom stereocenters. The van der Waals surface area contributed by atoms with E-state index in [1.165, 1.54) is 0 Å². The van der Waals surface area contributed by atoms with Crippen molar-refractivity contribution in [2.75, 3.05) is 0 Å². The number of nitrogens with one attached hydrogen (secondary N) is 1. The maximum absolute atomic E-state index is 4.16. The molecule has 14 heavy (non-hydrogen) atoms. The van der Waals surface area contributed by atoms with Gasteiger partial charge in [0.15, 0.2) is 0 Å². The highest BCUT2D eigenvalue weighted by atomic mass is 32.1. The topological polar surface area (TPSA) is 37.8 Å². The van der Waals surface area contributed by atoms with Crippen molar-refractivity contribution >= 4 is 11.3 Å². The molecule has 1 aromatic heterocycles. The van der Waals surface area contributed by atoms with Gasteiger partial charge in [-0.25, -0.2) is 0 Å². The predicted molar refractivity (Wildman–Crippen MR) is 60.4 cm³/mol. The summed E-state index contributed by atoms with van der Waals surface area (Å²) in [6, 6.07) is 0.507. The van der Waals surface area contributed by atoms with Crippen molar-refractivity contribution in [1.82, 2.24) is 15.5 Å². The van der Waals surface area contributed by atoms with E-state index in [2.05, 4.69) is 43.2 Å². The van der Waals surface area contributed by atoms with Gasteiger partial charge in [-0.2, -0.15) is 0 Å². The Balaban J connectivity index is 2.42. The first-order valence-corrected chi connectivity index (χ1v) is 5.94. The monoisotopic (exact) mass is 213 g/mol. The molecule has 3 nitrogen and oxygen atoms in total. The van der Waals surface area contributed by atoms with E-state index >= 15 is 0 Å². The summed E-state index contributed by atoms with van der Waals surface area (Å²) in [7, 11) is 0. The second-order valence-electron chi connectivity index (χ2n) is 4.22. The number of hydrogen-bond acceptors (Lipinski definition) is 4. The molecule has 0 aromatic carbocycles. The SMILES string of the molecule is CC(C)Cc1nnc(CNC(C)C)s1. The molecule has 1 rings (SSSR count). The molecule has 0 amide bonds. The van der Waals surface area contributed by atoms with Crippen molar-refractivity contribution in [2.45, 2.75) is 46.7 Å². The van der Waals surface area contributed by atoms with E-state index in [4.69, 9.17) is 0 Å². The van der Waals surface area contributed by atoms with E-state index in [0.29, 0.717) is 12.0 Å². The lowest BCUT2D eigenvalue weighted by atomic mass is 10.1. The largest absolute Gasteiger partial charge is 0.308 e. The van der Waals surface area contributed by atoms with Gasteiger partial charge in [0.05, 0.1) is 0 Å². The second kappa shape index (κ2) is 5.41. The average molecular weight is 213 g/mol. The lowest BCUT2D eigenvalue weighted by Crippen LogP contribution is -2.21. The van der Waals surface area contributed by atoms with Crippen molar-refractivity contribution < 1.29 is 0 Å². The van der Waals surface area contributed by atoms with Crippen molar-refractivity contribution in [1.29, 1.82) is 0 Å². The van der Waals surface area contributed by atoms with Crippen LogP contribution in [0.2, 0.25) is 0 Å². The van der Waals surface area contributed by atoms with Crippen LogP contribution >= 0.6 is 11.3 Å². The summed E-state index contributed by atoms with van der Waals surface area (Å²) in [4.78, 5) is 0. The zero-order valence-corrected chi connectivity index (χ0v) is 10.2. The van der Waals surface area contributed by atoms with Gasteiger partial charge in [0, 0.05) is 19.0 Å². The fraction of sp³-hybridized carbons (Fsp3) is 0.800. The molecule has 0 saturated heterocycles. The molecule has 0 aliphatic carbocycles. The molecule has 1 aromatic rings. The zero-order chi connectivity index (χ0) is 10.6. The molecule has 0 fully saturated rings. The van der Waals surface area contributed by atoms with Crippen molar-refractivity contribution in [3.8, 4) is 0 Å². The van der Waals surface area contributed by atoms with Gasteiger partial charge in [-0.15, -0.1) is 21.5 Å². The fourth-order valence-corrected chi connectivity index (χ4v) is 2.09. The van der Waals surface area contributed by atoms with Gasteiger partial charge in [0.1, 0.15) is 10.0 Å². The highest BCUT2D eigenvalue weighted by Gasteiger charge is 2.06. The summed E-state index contributed by atoms with van der Waals surface area (Å²) in [6.45, 7) is 9.51. The Morgan fingerprint density at radius 3 is 2.36 bits per heavy atom. The highest BCUT2D eigenvalue weighted by molar-refractivity contribution is 7.11. The van der Waals surface area contributed by atoms with Crippen molar-refractivity contribution in [2.24, 2.45) is 5.92 Å². The highest BCUT2D eigenvalue weighted by Crippen LogP contribution is 2.13. The van der Waals surface area contributed by atoms with Crippen LogP contribution in [0.25, 0.3) is 0 Å². The molecular weight excluding hydrogens is 194 g/mol. The van der Waals surface area contributed by atoms with Gasteiger partial charge in [0.25, 0.3) is 0 Å². The minimum atomic E-state index is 0.507. The van der Waals surface area contributed by atoms with E-state index < -0.39 is 0 Å². The Morgan fingerprint density at radius 2 is 1.79 bits per heavy atom. The first kappa shape index (κ1) is 11.6. The Hall–Kier alpha value is -0.480. The minimum Gasteiger partial charge on any atom is -0.308 e. The van der Waals surface area contributed by atoms with E-state index in [1.807, 2.05) is 0 Å². The van der Waals surface area contributed by atoms with E-state index in [-0.39, 0.29) is 0 Å². The Bertz CT molecular complexity index is 268. The third kappa shape index (κ3) is 4.15. The lowest BCUT2D eigenvalue weighted by Gasteiger charge is -2.03. The Morgan fingerprint density at radius 1 is 1.14 bits per heavy atom. The van der Waals surface area contributed by atoms with Crippen molar-refractivity contribution in [3.05, 3.63) is 10.0 Å². The third-order valence-electron chi connectivity index (χ3n) is 1.75. The van der Waals surface area contributed by atoms with Crippen LogP contribution in [-0.4, -0.2) is 16.2 Å². The minimum absolute atomic E-state index is 0.507. The first-order chi connectivity index (χ1) is 6.58. The molecule has 80 valence electrons. The van der Waals surface area contributed by atoms with Crippen molar-refractivity contribution in [3.63, 3.8) is 0 Å². The summed E-state index contributed by atoms with van der Waals surface area (Å²) in [5.41, 5.74) is 0. The van der Waals surface area contributed by atoms with Crippen LogP contribution in [0.1, 0.15) is 37.7 Å². The number of hydrogen-bond donors (Lipinski definition) is 1. The summed E-state index contributed by atoms with van der Waals surface area (Å²) in [5, 5.41) is 13.9. The summed E-state index contributed by atoms with van der Waals surface area (Å²) in [6.07, 6.45) is 1.04. The molecule has 0 aliphatic rings. The molecule has 4 heteroatoms. The van der Waals surface area contributed by atoms with E-state index in [1.54, 1.807) is 11.3 Å². The maximum atomic E-state index is 4.16. The van der Waals surface area contributed by atoms with Crippen LogP contribution in [0.15, 0.2) is 0 Å². The molecular formula is C10H19N3S. The normalized spacial score (nSPS) is 11.6. The summed E-state index contributed by atoms with van der Waals surface area (Å²) < 4.78 is 0. The molecule has 0 saturated carbocycles. The standard InChI is InChI=1S/C10H19N3S/c1-7(2)5-9-12-13-10(14-9)6-11-8(3)4/h7-8,11H,5-6H2,1-4H3. The molecule has 0 unspecified atom stereocenters. The molecule has 0 radical (unpaired) electrons. The van der Waals surface area contributed by atoms with Gasteiger partial charge < -0.3 is 5.32 Å². The van der Waals surface area contributed by atoms with Crippen LogP contribution in [0.5, 0.6) is 0 Å². The smallest absolute Gasteiger partial charge is 0.131 e. The van der Waals surface area contributed by atoms with Crippen LogP contribution in [-0.2, 0) is 13.0 Å². The van der Waals surface area contributed by atoms with E-state index in [0.717, 1.165) is 23.0 Å². The third-order valence-corrected chi connectivity index (χ3v) is 2.70. The Labute approximate surface area is 89.9 Å². The van der Waals surface area contributed by atoms with Gasteiger partial charge in [-0.1, -0.05) is 27.7 Å². The average Bonchev–Trinajstić information content (AvgIpc) is 2.47. The molecule has 0 spiro atoms. The van der Waals surface area contributed by atoms with Crippen LogP contribution < -0.4 is 5.32 Å². The summed E-state index contributed by atoms with van der Waals surface area (Å²) >= 11 is 1.72. The van der Waals surface area contributed by atoms with Crippen LogP contribution in [0.3, 0.4) is 0 Å². The predicted octanol–water partition coefficient (Wildman–Crippen LogP) is 2.23. The molecule has 1 heterocycles. The molecule has 0 aliphatic heterocycles. The number of rotatable bonds is 5. The van der Waals surface area contributed by atoms with E-state index in [9.17, 15) is 0 Å². The second-order valence-corrected chi connectivity index (χ2v) is 5.37. The maximum Gasteiger partial charge on any atom is 0.131 e. The zero-order valence-electron chi connectivity index (χ0n) is 9.37. The van der Waals surface area contributed by atoms with Crippen LogP contribution in [0.4, 0.5) is 0 Å². The fourth-order valence-electron chi connectivity index (χ4n) is 1.08. The quantitative estimate of drug-likeness (QED) is 0.815. The van der Waals surface area contributed by atoms with Gasteiger partial charge in [-0.05, 0) is 5.92 Å². The lowest BCUT2D eigenvalue weighted by molar-refractivity contribution is 0.584. The van der Waals surface area contributed by atoms with Gasteiger partial charge >= 0.3 is 0 Å².